The average Bonchev–Trinajstić information content (AvgIpc) is 3.00. The standard InChI is InChI=1S/C18H19N3OS2/c1-10(2)12-4-6-13(7-5-12)14-8-23-17-15(14)18(21-9-20-17)24-11(3)16(19)22/h4-11H,1-3H3,(H2,19,22). The third kappa shape index (κ3) is 3.30. The van der Waals surface area contributed by atoms with E-state index in [0.717, 1.165) is 26.4 Å². The van der Waals surface area contributed by atoms with Gasteiger partial charge in [-0.1, -0.05) is 49.9 Å². The number of thiophene rings is 1. The van der Waals surface area contributed by atoms with Crippen molar-refractivity contribution in [1.29, 1.82) is 0 Å². The molecule has 1 atom stereocenters. The zero-order chi connectivity index (χ0) is 17.3. The molecule has 0 saturated heterocycles. The van der Waals surface area contributed by atoms with Gasteiger partial charge in [-0.3, -0.25) is 4.79 Å². The van der Waals surface area contributed by atoms with Crippen molar-refractivity contribution in [2.45, 2.75) is 37.0 Å². The van der Waals surface area contributed by atoms with E-state index in [9.17, 15) is 4.79 Å². The van der Waals surface area contributed by atoms with Gasteiger partial charge in [-0.25, -0.2) is 9.97 Å². The van der Waals surface area contributed by atoms with E-state index in [2.05, 4.69) is 53.5 Å². The lowest BCUT2D eigenvalue weighted by Gasteiger charge is -2.09. The van der Waals surface area contributed by atoms with E-state index in [1.807, 2.05) is 0 Å². The Kier molecular flexibility index (Phi) is 4.87. The molecule has 3 rings (SSSR count). The number of thioether (sulfide) groups is 1. The summed E-state index contributed by atoms with van der Waals surface area (Å²) in [5.74, 6) is 0.161. The molecule has 4 nitrogen and oxygen atoms in total. The fraction of sp³-hybridized carbons (Fsp3) is 0.278. The summed E-state index contributed by atoms with van der Waals surface area (Å²) < 4.78 is 0. The number of hydrogen-bond donors (Lipinski definition) is 1. The SMILES string of the molecule is CC(Sc1ncnc2scc(-c3ccc(C(C)C)cc3)c12)C(N)=O. The molecular weight excluding hydrogens is 338 g/mol. The second-order valence-corrected chi connectivity index (χ2v) is 8.14. The molecule has 124 valence electrons. The highest BCUT2D eigenvalue weighted by Gasteiger charge is 2.18. The number of aromatic nitrogens is 2. The van der Waals surface area contributed by atoms with Crippen molar-refractivity contribution in [3.05, 3.63) is 41.5 Å². The van der Waals surface area contributed by atoms with Gasteiger partial charge in [-0.2, -0.15) is 0 Å². The zero-order valence-electron chi connectivity index (χ0n) is 13.8. The summed E-state index contributed by atoms with van der Waals surface area (Å²) >= 11 is 2.97. The van der Waals surface area contributed by atoms with Crippen molar-refractivity contribution in [1.82, 2.24) is 9.97 Å². The number of nitrogens with two attached hydrogens (primary N) is 1. The van der Waals surface area contributed by atoms with Gasteiger partial charge < -0.3 is 5.73 Å². The van der Waals surface area contributed by atoms with Crippen molar-refractivity contribution < 1.29 is 4.79 Å². The van der Waals surface area contributed by atoms with Crippen LogP contribution in [0.5, 0.6) is 0 Å². The average molecular weight is 358 g/mol. The first-order chi connectivity index (χ1) is 11.5. The van der Waals surface area contributed by atoms with Crippen LogP contribution in [-0.2, 0) is 4.79 Å². The van der Waals surface area contributed by atoms with E-state index < -0.39 is 0 Å². The van der Waals surface area contributed by atoms with Crippen LogP contribution >= 0.6 is 23.1 Å². The van der Waals surface area contributed by atoms with Gasteiger partial charge in [-0.15, -0.1) is 11.3 Å². The largest absolute Gasteiger partial charge is 0.369 e. The van der Waals surface area contributed by atoms with E-state index in [0.29, 0.717) is 5.92 Å². The van der Waals surface area contributed by atoms with Crippen molar-refractivity contribution in [3.63, 3.8) is 0 Å². The molecule has 24 heavy (non-hydrogen) atoms. The maximum atomic E-state index is 11.4. The Morgan fingerprint density at radius 2 is 1.88 bits per heavy atom. The molecule has 0 aliphatic carbocycles. The fourth-order valence-corrected chi connectivity index (χ4v) is 4.29. The minimum absolute atomic E-state index is 0.334. The Morgan fingerprint density at radius 3 is 2.50 bits per heavy atom. The van der Waals surface area contributed by atoms with Crippen molar-refractivity contribution in [2.24, 2.45) is 5.73 Å². The number of fused-ring (bicyclic) bond motifs is 1. The Bertz CT molecular complexity index is 872. The molecule has 2 N–H and O–H groups in total. The fourth-order valence-electron chi connectivity index (χ4n) is 2.42. The van der Waals surface area contributed by atoms with Gasteiger partial charge in [0.15, 0.2) is 0 Å². The number of nitrogens with zero attached hydrogens (tertiary/aromatic N) is 2. The molecule has 0 fully saturated rings. The first-order valence-corrected chi connectivity index (χ1v) is 9.51. The topological polar surface area (TPSA) is 68.9 Å². The van der Waals surface area contributed by atoms with Gasteiger partial charge >= 0.3 is 0 Å². The number of primary amides is 1. The van der Waals surface area contributed by atoms with Gasteiger partial charge in [0.1, 0.15) is 16.2 Å². The second-order valence-electron chi connectivity index (χ2n) is 5.95. The summed E-state index contributed by atoms with van der Waals surface area (Å²) in [4.78, 5) is 21.1. The molecule has 0 radical (unpaired) electrons. The van der Waals surface area contributed by atoms with E-state index in [-0.39, 0.29) is 11.2 Å². The summed E-state index contributed by atoms with van der Waals surface area (Å²) in [6, 6.07) is 8.59. The number of benzene rings is 1. The Morgan fingerprint density at radius 1 is 1.17 bits per heavy atom. The molecule has 2 heterocycles. The third-order valence-electron chi connectivity index (χ3n) is 3.91. The molecule has 1 aromatic carbocycles. The molecule has 6 heteroatoms. The molecule has 1 amide bonds. The number of amides is 1. The number of carbonyl (C=O) groups excluding carboxylic acids is 1. The highest BCUT2D eigenvalue weighted by molar-refractivity contribution is 8.00. The normalized spacial score (nSPS) is 12.7. The predicted molar refractivity (Wildman–Crippen MR) is 101 cm³/mol. The highest BCUT2D eigenvalue weighted by atomic mass is 32.2. The summed E-state index contributed by atoms with van der Waals surface area (Å²) in [6.07, 6.45) is 1.54. The maximum absolute atomic E-state index is 11.4. The van der Waals surface area contributed by atoms with E-state index in [4.69, 9.17) is 5.73 Å². The summed E-state index contributed by atoms with van der Waals surface area (Å²) in [5, 5.41) is 3.57. The monoisotopic (exact) mass is 357 g/mol. The van der Waals surface area contributed by atoms with Crippen LogP contribution in [0.1, 0.15) is 32.3 Å². The minimum atomic E-state index is -0.343. The maximum Gasteiger partial charge on any atom is 0.230 e. The van der Waals surface area contributed by atoms with Crippen LogP contribution in [0.4, 0.5) is 0 Å². The minimum Gasteiger partial charge on any atom is -0.369 e. The number of carbonyl (C=O) groups is 1. The van der Waals surface area contributed by atoms with Crippen molar-refractivity contribution in [2.75, 3.05) is 0 Å². The Labute approximate surface area is 149 Å². The zero-order valence-corrected chi connectivity index (χ0v) is 15.4. The van der Waals surface area contributed by atoms with Crippen molar-refractivity contribution in [3.8, 4) is 11.1 Å². The van der Waals surface area contributed by atoms with Crippen LogP contribution in [0.15, 0.2) is 41.0 Å². The van der Waals surface area contributed by atoms with Gasteiger partial charge in [0, 0.05) is 10.9 Å². The predicted octanol–water partition coefficient (Wildman–Crippen LogP) is 4.45. The molecule has 3 aromatic rings. The first kappa shape index (κ1) is 16.9. The first-order valence-electron chi connectivity index (χ1n) is 7.76. The van der Waals surface area contributed by atoms with Gasteiger partial charge in [0.05, 0.1) is 10.6 Å². The number of rotatable bonds is 5. The smallest absolute Gasteiger partial charge is 0.230 e. The Balaban J connectivity index is 2.07. The van der Waals surface area contributed by atoms with Crippen LogP contribution in [0.3, 0.4) is 0 Å². The van der Waals surface area contributed by atoms with Crippen LogP contribution in [0, 0.1) is 0 Å². The third-order valence-corrected chi connectivity index (χ3v) is 5.92. The molecular formula is C18H19N3OS2. The van der Waals surface area contributed by atoms with Crippen LogP contribution in [-0.4, -0.2) is 21.1 Å². The van der Waals surface area contributed by atoms with Crippen LogP contribution in [0.2, 0.25) is 0 Å². The molecule has 1 unspecified atom stereocenters. The van der Waals surface area contributed by atoms with Crippen molar-refractivity contribution >= 4 is 39.2 Å². The summed E-state index contributed by atoms with van der Waals surface area (Å²) in [6.45, 7) is 6.16. The Hall–Kier alpha value is -1.92. The van der Waals surface area contributed by atoms with Gasteiger partial charge in [0.2, 0.25) is 5.91 Å². The highest BCUT2D eigenvalue weighted by Crippen LogP contribution is 2.39. The molecule has 0 spiro atoms. The van der Waals surface area contributed by atoms with E-state index in [1.165, 1.54) is 17.3 Å². The second kappa shape index (κ2) is 6.91. The summed E-state index contributed by atoms with van der Waals surface area (Å²) in [5.41, 5.74) is 8.94. The molecule has 0 bridgehead atoms. The quantitative estimate of drug-likeness (QED) is 0.541. The lowest BCUT2D eigenvalue weighted by molar-refractivity contribution is -0.117. The van der Waals surface area contributed by atoms with E-state index in [1.54, 1.807) is 24.6 Å². The molecule has 0 aliphatic rings. The molecule has 2 aromatic heterocycles. The van der Waals surface area contributed by atoms with Crippen LogP contribution < -0.4 is 5.73 Å². The van der Waals surface area contributed by atoms with Gasteiger partial charge in [-0.05, 0) is 24.0 Å². The lowest BCUT2D eigenvalue weighted by atomic mass is 9.99. The molecule has 0 saturated carbocycles. The van der Waals surface area contributed by atoms with E-state index >= 15 is 0 Å². The number of hydrogen-bond acceptors (Lipinski definition) is 5. The van der Waals surface area contributed by atoms with Gasteiger partial charge in [0.25, 0.3) is 0 Å². The summed E-state index contributed by atoms with van der Waals surface area (Å²) in [7, 11) is 0. The molecule has 0 aliphatic heterocycles. The van der Waals surface area contributed by atoms with Crippen LogP contribution in [0.25, 0.3) is 21.3 Å². The lowest BCUT2D eigenvalue weighted by Crippen LogP contribution is -2.22.